The van der Waals surface area contributed by atoms with Gasteiger partial charge in [-0.3, -0.25) is 4.79 Å². The quantitative estimate of drug-likeness (QED) is 0.735. The number of nitrogens with one attached hydrogen (secondary N) is 1. The van der Waals surface area contributed by atoms with Gasteiger partial charge in [0, 0.05) is 19.7 Å². The lowest BCUT2D eigenvalue weighted by Crippen LogP contribution is -2.45. The third-order valence-electron chi connectivity index (χ3n) is 3.58. The van der Waals surface area contributed by atoms with E-state index in [1.54, 1.807) is 0 Å². The summed E-state index contributed by atoms with van der Waals surface area (Å²) in [4.78, 5) is 11.9. The van der Waals surface area contributed by atoms with Crippen molar-refractivity contribution in [3.63, 3.8) is 0 Å². The first-order chi connectivity index (χ1) is 7.62. The van der Waals surface area contributed by atoms with E-state index < -0.39 is 5.41 Å². The Balaban J connectivity index is 2.33. The zero-order valence-electron chi connectivity index (χ0n) is 10.4. The smallest absolute Gasteiger partial charge is 0.227 e. The Labute approximate surface area is 97.9 Å². The summed E-state index contributed by atoms with van der Waals surface area (Å²) >= 11 is 0. The van der Waals surface area contributed by atoms with Crippen molar-refractivity contribution in [1.29, 1.82) is 0 Å². The largest absolute Gasteiger partial charge is 0.381 e. The summed E-state index contributed by atoms with van der Waals surface area (Å²) in [5, 5.41) is 3.00. The molecule has 3 N–H and O–H groups in total. The van der Waals surface area contributed by atoms with E-state index in [0.717, 1.165) is 32.5 Å². The molecule has 0 aromatic carbocycles. The van der Waals surface area contributed by atoms with Crippen LogP contribution in [0.3, 0.4) is 0 Å². The van der Waals surface area contributed by atoms with Gasteiger partial charge in [0.15, 0.2) is 0 Å². The second kappa shape index (κ2) is 6.21. The molecular formula is C12H24N2O2. The highest BCUT2D eigenvalue weighted by atomic mass is 16.5. The first kappa shape index (κ1) is 13.5. The third kappa shape index (κ3) is 3.46. The zero-order chi connectivity index (χ0) is 12.0. The van der Waals surface area contributed by atoms with E-state index in [1.165, 1.54) is 0 Å². The SMILES string of the molecule is CCC(C)(CN)C(=O)NCC1CCCOC1. The van der Waals surface area contributed by atoms with Gasteiger partial charge in [0.2, 0.25) is 5.91 Å². The van der Waals surface area contributed by atoms with Gasteiger partial charge in [-0.15, -0.1) is 0 Å². The molecule has 0 saturated carbocycles. The first-order valence-corrected chi connectivity index (χ1v) is 6.18. The van der Waals surface area contributed by atoms with Gasteiger partial charge in [-0.25, -0.2) is 0 Å². The maximum atomic E-state index is 11.9. The molecule has 4 nitrogen and oxygen atoms in total. The van der Waals surface area contributed by atoms with Crippen LogP contribution in [0.5, 0.6) is 0 Å². The van der Waals surface area contributed by atoms with E-state index in [1.807, 2.05) is 13.8 Å². The predicted molar refractivity (Wildman–Crippen MR) is 64.0 cm³/mol. The van der Waals surface area contributed by atoms with Crippen LogP contribution in [0.25, 0.3) is 0 Å². The Morgan fingerprint density at radius 3 is 2.88 bits per heavy atom. The van der Waals surface area contributed by atoms with Crippen LogP contribution in [0.4, 0.5) is 0 Å². The van der Waals surface area contributed by atoms with Gasteiger partial charge < -0.3 is 15.8 Å². The van der Waals surface area contributed by atoms with Gasteiger partial charge in [-0.1, -0.05) is 6.92 Å². The number of ether oxygens (including phenoxy) is 1. The standard InChI is InChI=1S/C12H24N2O2/c1-3-12(2,9-13)11(15)14-7-10-5-4-6-16-8-10/h10H,3-9,13H2,1-2H3,(H,14,15). The molecule has 4 heteroatoms. The molecule has 0 radical (unpaired) electrons. The number of nitrogens with two attached hydrogens (primary N) is 1. The topological polar surface area (TPSA) is 64.4 Å². The molecular weight excluding hydrogens is 204 g/mol. The van der Waals surface area contributed by atoms with Gasteiger partial charge in [0.1, 0.15) is 0 Å². The summed E-state index contributed by atoms with van der Waals surface area (Å²) in [5.74, 6) is 0.541. The maximum absolute atomic E-state index is 11.9. The number of carbonyl (C=O) groups excluding carboxylic acids is 1. The molecule has 1 heterocycles. The average molecular weight is 228 g/mol. The summed E-state index contributed by atoms with van der Waals surface area (Å²) in [6.45, 7) is 6.66. The molecule has 1 fully saturated rings. The van der Waals surface area contributed by atoms with E-state index in [4.69, 9.17) is 10.5 Å². The van der Waals surface area contributed by atoms with Crippen LogP contribution < -0.4 is 11.1 Å². The van der Waals surface area contributed by atoms with Crippen molar-refractivity contribution in [3.8, 4) is 0 Å². The maximum Gasteiger partial charge on any atom is 0.227 e. The van der Waals surface area contributed by atoms with Crippen LogP contribution in [0.1, 0.15) is 33.1 Å². The molecule has 1 rings (SSSR count). The van der Waals surface area contributed by atoms with Gasteiger partial charge in [0.05, 0.1) is 12.0 Å². The van der Waals surface area contributed by atoms with E-state index in [0.29, 0.717) is 19.0 Å². The molecule has 2 atom stereocenters. The fraction of sp³-hybridized carbons (Fsp3) is 0.917. The van der Waals surface area contributed by atoms with E-state index in [-0.39, 0.29) is 5.91 Å². The van der Waals surface area contributed by atoms with Gasteiger partial charge in [0.25, 0.3) is 0 Å². The molecule has 1 saturated heterocycles. The summed E-state index contributed by atoms with van der Waals surface area (Å²) in [6, 6.07) is 0. The van der Waals surface area contributed by atoms with Crippen LogP contribution in [0.2, 0.25) is 0 Å². The van der Waals surface area contributed by atoms with E-state index >= 15 is 0 Å². The number of rotatable bonds is 5. The zero-order valence-corrected chi connectivity index (χ0v) is 10.4. The normalized spacial score (nSPS) is 24.8. The van der Waals surface area contributed by atoms with Crippen LogP contribution in [-0.2, 0) is 9.53 Å². The summed E-state index contributed by atoms with van der Waals surface area (Å²) in [6.07, 6.45) is 3.02. The highest BCUT2D eigenvalue weighted by Crippen LogP contribution is 2.19. The van der Waals surface area contributed by atoms with Crippen molar-refractivity contribution < 1.29 is 9.53 Å². The van der Waals surface area contributed by atoms with Crippen molar-refractivity contribution in [2.75, 3.05) is 26.3 Å². The molecule has 16 heavy (non-hydrogen) atoms. The first-order valence-electron chi connectivity index (χ1n) is 6.18. The minimum atomic E-state index is -0.421. The molecule has 1 amide bonds. The second-order valence-electron chi connectivity index (χ2n) is 4.91. The van der Waals surface area contributed by atoms with Crippen molar-refractivity contribution in [3.05, 3.63) is 0 Å². The van der Waals surface area contributed by atoms with Crippen molar-refractivity contribution >= 4 is 5.91 Å². The highest BCUT2D eigenvalue weighted by Gasteiger charge is 2.29. The number of hydrogen-bond acceptors (Lipinski definition) is 3. The molecule has 94 valence electrons. The fourth-order valence-corrected chi connectivity index (χ4v) is 1.82. The fourth-order valence-electron chi connectivity index (χ4n) is 1.82. The molecule has 0 bridgehead atoms. The summed E-state index contributed by atoms with van der Waals surface area (Å²) < 4.78 is 5.38. The van der Waals surface area contributed by atoms with Crippen molar-refractivity contribution in [1.82, 2.24) is 5.32 Å². The molecule has 0 aliphatic carbocycles. The Morgan fingerprint density at radius 2 is 2.38 bits per heavy atom. The lowest BCUT2D eigenvalue weighted by atomic mass is 9.86. The minimum absolute atomic E-state index is 0.0723. The Hall–Kier alpha value is -0.610. The molecule has 0 spiro atoms. The molecule has 0 aromatic heterocycles. The van der Waals surface area contributed by atoms with Crippen LogP contribution >= 0.6 is 0 Å². The number of amides is 1. The lowest BCUT2D eigenvalue weighted by molar-refractivity contribution is -0.130. The Bertz CT molecular complexity index is 221. The third-order valence-corrected chi connectivity index (χ3v) is 3.58. The lowest BCUT2D eigenvalue weighted by Gasteiger charge is -2.27. The monoisotopic (exact) mass is 228 g/mol. The molecule has 1 aliphatic heterocycles. The summed E-state index contributed by atoms with van der Waals surface area (Å²) in [7, 11) is 0. The Morgan fingerprint density at radius 1 is 1.62 bits per heavy atom. The summed E-state index contributed by atoms with van der Waals surface area (Å²) in [5.41, 5.74) is 5.22. The second-order valence-corrected chi connectivity index (χ2v) is 4.91. The predicted octanol–water partition coefficient (Wildman–Crippen LogP) is 0.904. The van der Waals surface area contributed by atoms with Crippen molar-refractivity contribution in [2.24, 2.45) is 17.1 Å². The minimum Gasteiger partial charge on any atom is -0.381 e. The average Bonchev–Trinajstić information content (AvgIpc) is 2.36. The highest BCUT2D eigenvalue weighted by molar-refractivity contribution is 5.82. The Kier molecular flexibility index (Phi) is 5.22. The van der Waals surface area contributed by atoms with Crippen molar-refractivity contribution in [2.45, 2.75) is 33.1 Å². The molecule has 0 aromatic rings. The number of carbonyl (C=O) groups is 1. The van der Waals surface area contributed by atoms with E-state index in [2.05, 4.69) is 5.32 Å². The van der Waals surface area contributed by atoms with Crippen LogP contribution in [-0.4, -0.2) is 32.2 Å². The van der Waals surface area contributed by atoms with Gasteiger partial charge in [-0.2, -0.15) is 0 Å². The number of hydrogen-bond donors (Lipinski definition) is 2. The molecule has 1 aliphatic rings. The van der Waals surface area contributed by atoms with Crippen LogP contribution in [0.15, 0.2) is 0 Å². The van der Waals surface area contributed by atoms with Gasteiger partial charge >= 0.3 is 0 Å². The van der Waals surface area contributed by atoms with Crippen LogP contribution in [0, 0.1) is 11.3 Å². The van der Waals surface area contributed by atoms with E-state index in [9.17, 15) is 4.79 Å². The molecule has 2 unspecified atom stereocenters. The van der Waals surface area contributed by atoms with Gasteiger partial charge in [-0.05, 0) is 32.1 Å².